The number of ether oxygens (including phenoxy) is 1. The summed E-state index contributed by atoms with van der Waals surface area (Å²) in [7, 11) is 0. The monoisotopic (exact) mass is 174 g/mol. The average Bonchev–Trinajstić information content (AvgIpc) is 1.61. The predicted octanol–water partition coefficient (Wildman–Crippen LogP) is -1.75. The van der Waals surface area contributed by atoms with Crippen molar-refractivity contribution in [2.24, 2.45) is 0 Å². The van der Waals surface area contributed by atoms with Crippen LogP contribution in [0.15, 0.2) is 0 Å². The third-order valence-corrected chi connectivity index (χ3v) is 0.660. The maximum Gasteiger partial charge on any atom is 1.00 e. The van der Waals surface area contributed by atoms with Crippen LogP contribution in [-0.2, 0) is 17.4 Å². The fourth-order valence-corrected chi connectivity index (χ4v) is 0.352. The Bertz CT molecular complexity index is 67.1. The molecule has 0 aliphatic carbocycles. The third kappa shape index (κ3) is 10.7. The molecular weight excluding hydrogens is 167 g/mol. The van der Waals surface area contributed by atoms with Crippen LogP contribution in [0.5, 0.6) is 0 Å². The van der Waals surface area contributed by atoms with Crippen LogP contribution in [0.1, 0.15) is 13.3 Å². The summed E-state index contributed by atoms with van der Waals surface area (Å²) in [5.41, 5.74) is 0. The van der Waals surface area contributed by atoms with Gasteiger partial charge in [-0.15, -0.1) is 0 Å². The van der Waals surface area contributed by atoms with Crippen molar-refractivity contribution in [2.75, 3.05) is 6.61 Å². The van der Waals surface area contributed by atoms with Crippen molar-refractivity contribution in [2.45, 2.75) is 13.3 Å². The Morgan fingerprint density at radius 3 is 2.38 bits per heavy atom. The molecule has 0 radical (unpaired) electrons. The Hall–Kier alpha value is 1.75. The predicted molar refractivity (Wildman–Crippen MR) is 36.2 cm³/mol. The topological polar surface area (TPSA) is 9.23 Å². The van der Waals surface area contributed by atoms with Crippen LogP contribution in [-0.4, -0.2) is 11.0 Å². The number of rotatable bonds is 2. The van der Waals surface area contributed by atoms with Gasteiger partial charge in [0.05, 0.1) is 6.61 Å². The van der Waals surface area contributed by atoms with Crippen molar-refractivity contribution in [3.8, 4) is 0 Å². The van der Waals surface area contributed by atoms with Crippen molar-refractivity contribution in [3.63, 3.8) is 0 Å². The van der Waals surface area contributed by atoms with Gasteiger partial charge in [0.1, 0.15) is 0 Å². The van der Waals surface area contributed by atoms with Crippen molar-refractivity contribution < 1.29 is 56.1 Å². The quantitative estimate of drug-likeness (QED) is 0.279. The molecule has 4 heteroatoms. The van der Waals surface area contributed by atoms with Gasteiger partial charge in [-0.25, -0.2) is 0 Å². The summed E-state index contributed by atoms with van der Waals surface area (Å²) in [5.74, 6) is 0. The van der Waals surface area contributed by atoms with Crippen molar-refractivity contribution in [3.05, 3.63) is 0 Å². The molecule has 42 valence electrons. The van der Waals surface area contributed by atoms with Gasteiger partial charge >= 0.3 is 51.4 Å². The first kappa shape index (κ1) is 12.4. The number of thiocarbonyl (C=S) groups is 1. The summed E-state index contributed by atoms with van der Waals surface area (Å²) in [6, 6.07) is 0. The molecule has 0 saturated heterocycles. The van der Waals surface area contributed by atoms with E-state index in [4.69, 9.17) is 4.74 Å². The van der Waals surface area contributed by atoms with Gasteiger partial charge in [-0.1, -0.05) is 6.92 Å². The molecule has 1 nitrogen and oxygen atoms in total. The van der Waals surface area contributed by atoms with Crippen LogP contribution < -0.4 is 51.4 Å². The van der Waals surface area contributed by atoms with Crippen LogP contribution in [0.2, 0.25) is 0 Å². The Morgan fingerprint density at radius 2 is 2.25 bits per heavy atom. The van der Waals surface area contributed by atoms with Crippen molar-refractivity contribution >= 4 is 29.2 Å². The van der Waals surface area contributed by atoms with Crippen LogP contribution >= 0.6 is 12.2 Å². The third-order valence-electron chi connectivity index (χ3n) is 0.424. The Balaban J connectivity index is 0. The molecule has 0 aromatic carbocycles. The summed E-state index contributed by atoms with van der Waals surface area (Å²) < 4.78 is 4.96. The molecule has 0 atom stereocenters. The first-order valence-corrected chi connectivity index (χ1v) is 2.92. The molecule has 0 aromatic rings. The molecule has 0 heterocycles. The molecular formula is C4H7KOS2. The van der Waals surface area contributed by atoms with Crippen molar-refractivity contribution in [1.82, 2.24) is 0 Å². The second-order valence-electron chi connectivity index (χ2n) is 1.10. The van der Waals surface area contributed by atoms with Crippen molar-refractivity contribution in [1.29, 1.82) is 0 Å². The number of hydrogen-bond donors (Lipinski definition) is 0. The smallest absolute Gasteiger partial charge is 0.514 e. The Morgan fingerprint density at radius 1 is 1.75 bits per heavy atom. The molecule has 0 bridgehead atoms. The molecule has 0 rings (SSSR count). The molecule has 0 unspecified atom stereocenters. The fraction of sp³-hybridized carbons (Fsp3) is 0.750. The zero-order valence-electron chi connectivity index (χ0n) is 5.14. The van der Waals surface area contributed by atoms with Gasteiger partial charge in [-0.2, -0.15) is 0 Å². The first-order valence-electron chi connectivity index (χ1n) is 2.11. The molecule has 0 fully saturated rings. The van der Waals surface area contributed by atoms with E-state index in [0.29, 0.717) is 6.61 Å². The standard InChI is InChI=1S/C4H8OS2.K/c1-2-3-5-4(6)7;/h2-3H2,1H3,(H,6,7);/q;+1/p-1. The molecule has 0 aliphatic rings. The molecule has 0 aromatic heterocycles. The zero-order valence-corrected chi connectivity index (χ0v) is 9.90. The minimum absolute atomic E-state index is 0. The summed E-state index contributed by atoms with van der Waals surface area (Å²) in [6.45, 7) is 2.66. The molecule has 0 spiro atoms. The van der Waals surface area contributed by atoms with E-state index in [-0.39, 0.29) is 55.8 Å². The van der Waals surface area contributed by atoms with Gasteiger partial charge in [-0.05, 0) is 6.42 Å². The summed E-state index contributed by atoms with van der Waals surface area (Å²) >= 11 is 8.91. The normalized spacial score (nSPS) is 7.12. The van der Waals surface area contributed by atoms with E-state index >= 15 is 0 Å². The molecule has 8 heavy (non-hydrogen) atoms. The first-order chi connectivity index (χ1) is 3.27. The minimum Gasteiger partial charge on any atom is -0.514 e. The Labute approximate surface area is 103 Å². The van der Waals surface area contributed by atoms with Crippen LogP contribution in [0, 0.1) is 0 Å². The SMILES string of the molecule is CCCOC(=S)[S-].[K+]. The van der Waals surface area contributed by atoms with E-state index < -0.39 is 0 Å². The largest absolute Gasteiger partial charge is 1.00 e. The summed E-state index contributed by atoms with van der Waals surface area (Å²) in [4.78, 5) is 0. The zero-order chi connectivity index (χ0) is 5.70. The Kier molecular flexibility index (Phi) is 13.6. The minimum atomic E-state index is 0. The number of hydrogen-bond acceptors (Lipinski definition) is 3. The summed E-state index contributed by atoms with van der Waals surface area (Å²) in [6.07, 6.45) is 0.969. The fourth-order valence-electron chi connectivity index (χ4n) is 0.185. The van der Waals surface area contributed by atoms with Gasteiger partial charge in [0.2, 0.25) is 0 Å². The van der Waals surface area contributed by atoms with Gasteiger partial charge < -0.3 is 29.6 Å². The second-order valence-corrected chi connectivity index (χ2v) is 2.10. The van der Waals surface area contributed by atoms with Crippen LogP contribution in [0.4, 0.5) is 0 Å². The second kappa shape index (κ2) is 8.75. The van der Waals surface area contributed by atoms with Crippen LogP contribution in [0.25, 0.3) is 0 Å². The van der Waals surface area contributed by atoms with E-state index in [0.717, 1.165) is 6.42 Å². The van der Waals surface area contributed by atoms with Crippen LogP contribution in [0.3, 0.4) is 0 Å². The van der Waals surface area contributed by atoms with Gasteiger partial charge in [0.25, 0.3) is 0 Å². The van der Waals surface area contributed by atoms with Gasteiger partial charge in [0, 0.05) is 4.38 Å². The average molecular weight is 174 g/mol. The van der Waals surface area contributed by atoms with E-state index in [1.54, 1.807) is 0 Å². The molecule has 0 aliphatic heterocycles. The maximum atomic E-state index is 4.74. The maximum absolute atomic E-state index is 4.74. The summed E-state index contributed by atoms with van der Waals surface area (Å²) in [5, 5.41) is 0. The molecule has 0 N–H and O–H groups in total. The van der Waals surface area contributed by atoms with E-state index in [2.05, 4.69) is 24.8 Å². The van der Waals surface area contributed by atoms with E-state index in [1.165, 1.54) is 0 Å². The molecule has 0 amide bonds. The van der Waals surface area contributed by atoms with E-state index in [9.17, 15) is 0 Å². The van der Waals surface area contributed by atoms with Gasteiger partial charge in [0.15, 0.2) is 0 Å². The van der Waals surface area contributed by atoms with Gasteiger partial charge in [-0.3, -0.25) is 0 Å². The van der Waals surface area contributed by atoms with E-state index in [1.807, 2.05) is 6.92 Å². The molecule has 0 saturated carbocycles.